The number of ether oxygens (including phenoxy) is 1. The van der Waals surface area contributed by atoms with E-state index >= 15 is 0 Å². The summed E-state index contributed by atoms with van der Waals surface area (Å²) in [5.74, 6) is -1.43. The summed E-state index contributed by atoms with van der Waals surface area (Å²) in [6.45, 7) is 3.37. The van der Waals surface area contributed by atoms with Crippen LogP contribution < -0.4 is 10.6 Å². The zero-order chi connectivity index (χ0) is 15.1. The highest BCUT2D eigenvalue weighted by atomic mass is 16.5. The quantitative estimate of drug-likeness (QED) is 0.675. The number of amides is 3. The van der Waals surface area contributed by atoms with Crippen LogP contribution >= 0.6 is 0 Å². The van der Waals surface area contributed by atoms with Gasteiger partial charge in [-0.1, -0.05) is 13.3 Å². The number of aromatic amines is 1. The van der Waals surface area contributed by atoms with E-state index in [1.165, 1.54) is 14.0 Å². The molecule has 0 fully saturated rings. The Labute approximate surface area is 116 Å². The highest BCUT2D eigenvalue weighted by Crippen LogP contribution is 2.05. The van der Waals surface area contributed by atoms with Crippen LogP contribution in [0.5, 0.6) is 0 Å². The van der Waals surface area contributed by atoms with Crippen molar-refractivity contribution in [3.8, 4) is 0 Å². The molecule has 3 N–H and O–H groups in total. The predicted octanol–water partition coefficient (Wildman–Crippen LogP) is 0.363. The van der Waals surface area contributed by atoms with Gasteiger partial charge in [0.15, 0.2) is 11.8 Å². The van der Waals surface area contributed by atoms with Crippen LogP contribution in [0, 0.1) is 0 Å². The fourth-order valence-electron chi connectivity index (χ4n) is 1.41. The average molecular weight is 282 g/mol. The van der Waals surface area contributed by atoms with Crippen LogP contribution in [0.4, 0.5) is 4.79 Å². The molecule has 8 heteroatoms. The lowest BCUT2D eigenvalue weighted by Gasteiger charge is -2.11. The number of imide groups is 1. The van der Waals surface area contributed by atoms with Gasteiger partial charge in [0.2, 0.25) is 0 Å². The maximum atomic E-state index is 11.7. The second-order valence-corrected chi connectivity index (χ2v) is 4.14. The lowest BCUT2D eigenvalue weighted by molar-refractivity contribution is -0.127. The summed E-state index contributed by atoms with van der Waals surface area (Å²) in [7, 11) is 1.37. The van der Waals surface area contributed by atoms with Crippen molar-refractivity contribution < 1.29 is 19.1 Å². The molecule has 0 aliphatic carbocycles. The monoisotopic (exact) mass is 282 g/mol. The molecule has 0 saturated heterocycles. The molecule has 1 aromatic heterocycles. The third-order valence-electron chi connectivity index (χ3n) is 2.48. The summed E-state index contributed by atoms with van der Waals surface area (Å²) >= 11 is 0. The van der Waals surface area contributed by atoms with Crippen LogP contribution in [0.1, 0.15) is 36.5 Å². The zero-order valence-electron chi connectivity index (χ0n) is 11.6. The molecule has 3 amide bonds. The number of aromatic nitrogens is 2. The molecule has 1 aromatic rings. The second kappa shape index (κ2) is 7.27. The maximum absolute atomic E-state index is 11.7. The van der Waals surface area contributed by atoms with Crippen molar-refractivity contribution in [3.63, 3.8) is 0 Å². The molecular formula is C12H18N4O4. The summed E-state index contributed by atoms with van der Waals surface area (Å²) in [5, 5.41) is 10.8. The van der Waals surface area contributed by atoms with Crippen molar-refractivity contribution in [3.05, 3.63) is 17.5 Å². The molecule has 0 radical (unpaired) electrons. The van der Waals surface area contributed by atoms with Crippen LogP contribution in [0.3, 0.4) is 0 Å². The normalized spacial score (nSPS) is 11.6. The van der Waals surface area contributed by atoms with E-state index in [0.29, 0.717) is 0 Å². The Morgan fingerprint density at radius 3 is 2.75 bits per heavy atom. The van der Waals surface area contributed by atoms with Gasteiger partial charge in [0.05, 0.1) is 0 Å². The van der Waals surface area contributed by atoms with E-state index in [9.17, 15) is 14.4 Å². The predicted molar refractivity (Wildman–Crippen MR) is 70.1 cm³/mol. The van der Waals surface area contributed by atoms with Crippen LogP contribution in [0.15, 0.2) is 6.07 Å². The van der Waals surface area contributed by atoms with Gasteiger partial charge in [-0.05, 0) is 19.4 Å². The Hall–Kier alpha value is -2.38. The van der Waals surface area contributed by atoms with E-state index in [1.54, 1.807) is 6.07 Å². The Morgan fingerprint density at radius 2 is 2.15 bits per heavy atom. The number of nitrogens with zero attached hydrogens (tertiary/aromatic N) is 1. The SMILES string of the molecule is CCCc1cc(C(=O)O[C@@H](C)C(=O)NC(=O)NC)n[nH]1. The Bertz CT molecular complexity index is 497. The van der Waals surface area contributed by atoms with Gasteiger partial charge >= 0.3 is 12.0 Å². The largest absolute Gasteiger partial charge is 0.448 e. The summed E-state index contributed by atoms with van der Waals surface area (Å²) in [5.41, 5.74) is 0.926. The number of carbonyl (C=O) groups excluding carboxylic acids is 3. The zero-order valence-corrected chi connectivity index (χ0v) is 11.6. The average Bonchev–Trinajstić information content (AvgIpc) is 2.87. The third-order valence-corrected chi connectivity index (χ3v) is 2.48. The number of urea groups is 1. The number of carbonyl (C=O) groups is 3. The molecule has 0 aliphatic heterocycles. The fraction of sp³-hybridized carbons (Fsp3) is 0.500. The first-order valence-corrected chi connectivity index (χ1v) is 6.25. The van der Waals surface area contributed by atoms with Gasteiger partial charge in [-0.3, -0.25) is 15.2 Å². The van der Waals surface area contributed by atoms with Crippen molar-refractivity contribution in [2.45, 2.75) is 32.8 Å². The first kappa shape index (κ1) is 15.7. The molecule has 0 aliphatic rings. The van der Waals surface area contributed by atoms with Crippen LogP contribution in [-0.2, 0) is 16.0 Å². The van der Waals surface area contributed by atoms with E-state index in [2.05, 4.69) is 15.5 Å². The molecular weight excluding hydrogens is 264 g/mol. The Morgan fingerprint density at radius 1 is 1.45 bits per heavy atom. The number of rotatable bonds is 5. The van der Waals surface area contributed by atoms with Crippen LogP contribution in [0.2, 0.25) is 0 Å². The summed E-state index contributed by atoms with van der Waals surface area (Å²) < 4.78 is 4.92. The third kappa shape index (κ3) is 4.38. The molecule has 1 heterocycles. The number of nitrogens with one attached hydrogen (secondary N) is 3. The number of aryl methyl sites for hydroxylation is 1. The van der Waals surface area contributed by atoms with Crippen LogP contribution in [-0.4, -0.2) is 41.3 Å². The minimum Gasteiger partial charge on any atom is -0.448 e. The second-order valence-electron chi connectivity index (χ2n) is 4.14. The minimum atomic E-state index is -1.09. The van der Waals surface area contributed by atoms with Crippen LogP contribution in [0.25, 0.3) is 0 Å². The van der Waals surface area contributed by atoms with Crippen molar-refractivity contribution in [2.24, 2.45) is 0 Å². The molecule has 20 heavy (non-hydrogen) atoms. The first-order valence-electron chi connectivity index (χ1n) is 6.25. The van der Waals surface area contributed by atoms with Crippen molar-refractivity contribution in [1.29, 1.82) is 0 Å². The molecule has 1 atom stereocenters. The van der Waals surface area contributed by atoms with Gasteiger partial charge in [-0.25, -0.2) is 9.59 Å². The number of hydrogen-bond donors (Lipinski definition) is 3. The molecule has 1 rings (SSSR count). The molecule has 0 bridgehead atoms. The maximum Gasteiger partial charge on any atom is 0.359 e. The number of esters is 1. The van der Waals surface area contributed by atoms with Gasteiger partial charge in [-0.2, -0.15) is 5.10 Å². The van der Waals surface area contributed by atoms with E-state index in [4.69, 9.17) is 4.74 Å². The lowest BCUT2D eigenvalue weighted by atomic mass is 10.2. The van der Waals surface area contributed by atoms with Crippen molar-refractivity contribution in [1.82, 2.24) is 20.8 Å². The molecule has 0 unspecified atom stereocenters. The van der Waals surface area contributed by atoms with Crippen molar-refractivity contribution >= 4 is 17.9 Å². The Balaban J connectivity index is 2.55. The highest BCUT2D eigenvalue weighted by Gasteiger charge is 2.21. The topological polar surface area (TPSA) is 113 Å². The molecule has 0 saturated carbocycles. The summed E-state index contributed by atoms with van der Waals surface area (Å²) in [6, 6.07) is 0.915. The number of H-pyrrole nitrogens is 1. The molecule has 0 aromatic carbocycles. The number of hydrogen-bond acceptors (Lipinski definition) is 5. The first-order chi connectivity index (χ1) is 9.47. The van der Waals surface area contributed by atoms with Gasteiger partial charge in [0, 0.05) is 12.7 Å². The van der Waals surface area contributed by atoms with E-state index in [1.807, 2.05) is 12.2 Å². The Kier molecular flexibility index (Phi) is 5.70. The van der Waals surface area contributed by atoms with Crippen molar-refractivity contribution in [2.75, 3.05) is 7.05 Å². The summed E-state index contributed by atoms with van der Waals surface area (Å²) in [6.07, 6.45) is 0.598. The molecule has 110 valence electrons. The highest BCUT2D eigenvalue weighted by molar-refractivity contribution is 5.98. The molecule has 8 nitrogen and oxygen atoms in total. The fourth-order valence-corrected chi connectivity index (χ4v) is 1.41. The summed E-state index contributed by atoms with van der Waals surface area (Å²) in [4.78, 5) is 34.2. The standard InChI is InChI=1S/C12H18N4O4/c1-4-5-8-6-9(16-15-8)11(18)20-7(2)10(17)14-12(19)13-3/h6-7H,4-5H2,1-3H3,(H,15,16)(H2,13,14,17,19)/t7-/m0/s1. The van der Waals surface area contributed by atoms with E-state index in [0.717, 1.165) is 18.5 Å². The van der Waals surface area contributed by atoms with Gasteiger partial charge < -0.3 is 10.1 Å². The lowest BCUT2D eigenvalue weighted by Crippen LogP contribution is -2.43. The minimum absolute atomic E-state index is 0.105. The smallest absolute Gasteiger partial charge is 0.359 e. The van der Waals surface area contributed by atoms with E-state index in [-0.39, 0.29) is 5.69 Å². The van der Waals surface area contributed by atoms with E-state index < -0.39 is 24.0 Å². The molecule has 0 spiro atoms. The van der Waals surface area contributed by atoms with Gasteiger partial charge in [-0.15, -0.1) is 0 Å². The van der Waals surface area contributed by atoms with Gasteiger partial charge in [0.1, 0.15) is 0 Å². The van der Waals surface area contributed by atoms with Gasteiger partial charge in [0.25, 0.3) is 5.91 Å².